The number of hydrogen-bond acceptors (Lipinski definition) is 5. The van der Waals surface area contributed by atoms with E-state index in [0.717, 1.165) is 6.07 Å². The zero-order valence-electron chi connectivity index (χ0n) is 9.61. The minimum atomic E-state index is -2.87. The Balaban J connectivity index is 3.10. The average molecular weight is 255 g/mol. The first kappa shape index (κ1) is 13.8. The number of pyridine rings is 1. The SMILES string of the molecule is CCOC(=O)Cc1cc(N)c(C(F)F)nc1C#N. The van der Waals surface area contributed by atoms with Gasteiger partial charge in [-0.1, -0.05) is 0 Å². The van der Waals surface area contributed by atoms with Gasteiger partial charge in [0, 0.05) is 5.56 Å². The van der Waals surface area contributed by atoms with Gasteiger partial charge in [0.2, 0.25) is 0 Å². The van der Waals surface area contributed by atoms with Crippen LogP contribution >= 0.6 is 0 Å². The minimum Gasteiger partial charge on any atom is -0.466 e. The maximum Gasteiger partial charge on any atom is 0.310 e. The molecule has 0 amide bonds. The van der Waals surface area contributed by atoms with E-state index in [9.17, 15) is 13.6 Å². The molecule has 0 aliphatic carbocycles. The van der Waals surface area contributed by atoms with Crippen molar-refractivity contribution in [1.82, 2.24) is 4.98 Å². The van der Waals surface area contributed by atoms with Crippen LogP contribution in [0.15, 0.2) is 6.07 Å². The van der Waals surface area contributed by atoms with Gasteiger partial charge in [0.1, 0.15) is 17.5 Å². The van der Waals surface area contributed by atoms with Crippen molar-refractivity contribution >= 4 is 11.7 Å². The molecule has 2 N–H and O–H groups in total. The number of nitrogen functional groups attached to an aromatic ring is 1. The molecule has 1 heterocycles. The number of carbonyl (C=O) groups is 1. The van der Waals surface area contributed by atoms with E-state index in [1.807, 2.05) is 0 Å². The second-order valence-corrected chi connectivity index (χ2v) is 3.36. The second-order valence-electron chi connectivity index (χ2n) is 3.36. The van der Waals surface area contributed by atoms with Crippen LogP contribution in [0.3, 0.4) is 0 Å². The van der Waals surface area contributed by atoms with E-state index in [4.69, 9.17) is 15.7 Å². The van der Waals surface area contributed by atoms with Crippen molar-refractivity contribution in [2.45, 2.75) is 19.8 Å². The smallest absolute Gasteiger partial charge is 0.310 e. The summed E-state index contributed by atoms with van der Waals surface area (Å²) in [5.74, 6) is -0.569. The van der Waals surface area contributed by atoms with Crippen LogP contribution in [0, 0.1) is 11.3 Å². The number of nitriles is 1. The standard InChI is InChI=1S/C11H11F2N3O2/c1-2-18-9(17)4-6-3-7(15)10(11(12)13)16-8(6)5-14/h3,11H,2,4,15H2,1H3. The molecule has 0 unspecified atom stereocenters. The highest BCUT2D eigenvalue weighted by molar-refractivity contribution is 5.74. The van der Waals surface area contributed by atoms with Crippen LogP contribution in [-0.4, -0.2) is 17.6 Å². The summed E-state index contributed by atoms with van der Waals surface area (Å²) in [5.41, 5.74) is 4.43. The number of alkyl halides is 2. The molecule has 7 heteroatoms. The first-order valence-corrected chi connectivity index (χ1v) is 5.12. The van der Waals surface area contributed by atoms with Crippen molar-refractivity contribution in [3.05, 3.63) is 23.0 Å². The van der Waals surface area contributed by atoms with Crippen LogP contribution in [0.4, 0.5) is 14.5 Å². The van der Waals surface area contributed by atoms with Crippen LogP contribution in [0.1, 0.15) is 30.3 Å². The number of anilines is 1. The number of hydrogen-bond donors (Lipinski definition) is 1. The van der Waals surface area contributed by atoms with Gasteiger partial charge in [-0.25, -0.2) is 13.8 Å². The molecule has 0 fully saturated rings. The summed E-state index contributed by atoms with van der Waals surface area (Å²) < 4.78 is 29.7. The number of ether oxygens (including phenoxy) is 1. The molecular formula is C11H11F2N3O2. The summed E-state index contributed by atoms with van der Waals surface area (Å²) in [6.45, 7) is 1.83. The lowest BCUT2D eigenvalue weighted by Gasteiger charge is -2.08. The predicted molar refractivity (Wildman–Crippen MR) is 58.7 cm³/mol. The largest absolute Gasteiger partial charge is 0.466 e. The third-order valence-electron chi connectivity index (χ3n) is 2.11. The zero-order valence-corrected chi connectivity index (χ0v) is 9.61. The van der Waals surface area contributed by atoms with E-state index in [1.54, 1.807) is 13.0 Å². The summed E-state index contributed by atoms with van der Waals surface area (Å²) in [7, 11) is 0. The third kappa shape index (κ3) is 3.13. The number of rotatable bonds is 4. The molecule has 1 aromatic heterocycles. The van der Waals surface area contributed by atoms with Crippen molar-refractivity contribution in [1.29, 1.82) is 5.26 Å². The first-order chi connectivity index (χ1) is 8.49. The lowest BCUT2D eigenvalue weighted by atomic mass is 10.1. The van der Waals surface area contributed by atoms with Gasteiger partial charge in [-0.15, -0.1) is 0 Å². The van der Waals surface area contributed by atoms with Gasteiger partial charge in [0.25, 0.3) is 6.43 Å². The Morgan fingerprint density at radius 2 is 2.33 bits per heavy atom. The van der Waals surface area contributed by atoms with E-state index in [1.165, 1.54) is 0 Å². The topological polar surface area (TPSA) is 89.0 Å². The minimum absolute atomic E-state index is 0.179. The molecule has 0 atom stereocenters. The Labute approximate surface area is 102 Å². The highest BCUT2D eigenvalue weighted by atomic mass is 19.3. The van der Waals surface area contributed by atoms with Gasteiger partial charge in [0.15, 0.2) is 0 Å². The number of carbonyl (C=O) groups excluding carboxylic acids is 1. The molecular weight excluding hydrogens is 244 g/mol. The van der Waals surface area contributed by atoms with E-state index in [-0.39, 0.29) is 30.0 Å². The van der Waals surface area contributed by atoms with Crippen molar-refractivity contribution in [3.8, 4) is 6.07 Å². The maximum absolute atomic E-state index is 12.5. The fraction of sp³-hybridized carbons (Fsp3) is 0.364. The first-order valence-electron chi connectivity index (χ1n) is 5.12. The second kappa shape index (κ2) is 5.91. The Hall–Kier alpha value is -2.23. The maximum atomic E-state index is 12.5. The van der Waals surface area contributed by atoms with Gasteiger partial charge < -0.3 is 10.5 Å². The molecule has 0 aromatic carbocycles. The third-order valence-corrected chi connectivity index (χ3v) is 2.11. The predicted octanol–water partition coefficient (Wildman–Crippen LogP) is 1.58. The molecule has 1 rings (SSSR count). The van der Waals surface area contributed by atoms with Gasteiger partial charge >= 0.3 is 5.97 Å². The average Bonchev–Trinajstić information content (AvgIpc) is 2.29. The van der Waals surface area contributed by atoms with Crippen LogP contribution in [0.2, 0.25) is 0 Å². The summed E-state index contributed by atoms with van der Waals surface area (Å²) in [6.07, 6.45) is -3.09. The molecule has 96 valence electrons. The van der Waals surface area contributed by atoms with Crippen LogP contribution in [0.25, 0.3) is 0 Å². The van der Waals surface area contributed by atoms with E-state index in [2.05, 4.69) is 4.98 Å². The van der Waals surface area contributed by atoms with E-state index in [0.29, 0.717) is 0 Å². The molecule has 5 nitrogen and oxygen atoms in total. The molecule has 0 saturated heterocycles. The number of nitrogens with zero attached hydrogens (tertiary/aromatic N) is 2. The summed E-state index contributed by atoms with van der Waals surface area (Å²) >= 11 is 0. The highest BCUT2D eigenvalue weighted by Crippen LogP contribution is 2.25. The van der Waals surface area contributed by atoms with Crippen LogP contribution in [0.5, 0.6) is 0 Å². The number of aromatic nitrogens is 1. The monoisotopic (exact) mass is 255 g/mol. The normalized spacial score (nSPS) is 10.2. The number of esters is 1. The van der Waals surface area contributed by atoms with Gasteiger partial charge in [-0.05, 0) is 13.0 Å². The van der Waals surface area contributed by atoms with E-state index >= 15 is 0 Å². The summed E-state index contributed by atoms with van der Waals surface area (Å²) in [4.78, 5) is 14.7. The molecule has 0 saturated carbocycles. The number of halogens is 2. The summed E-state index contributed by atoms with van der Waals surface area (Å²) in [6, 6.07) is 2.81. The van der Waals surface area contributed by atoms with E-state index < -0.39 is 18.1 Å². The van der Waals surface area contributed by atoms with Crippen LogP contribution < -0.4 is 5.73 Å². The molecule has 0 radical (unpaired) electrons. The fourth-order valence-corrected chi connectivity index (χ4v) is 1.36. The van der Waals surface area contributed by atoms with Crippen molar-refractivity contribution in [3.63, 3.8) is 0 Å². The van der Waals surface area contributed by atoms with Gasteiger partial charge in [-0.2, -0.15) is 5.26 Å². The van der Waals surface area contributed by atoms with Crippen LogP contribution in [-0.2, 0) is 16.0 Å². The molecule has 1 aromatic rings. The van der Waals surface area contributed by atoms with Crippen molar-refractivity contribution in [2.24, 2.45) is 0 Å². The number of nitrogens with two attached hydrogens (primary N) is 1. The van der Waals surface area contributed by atoms with Gasteiger partial charge in [-0.3, -0.25) is 4.79 Å². The highest BCUT2D eigenvalue weighted by Gasteiger charge is 2.18. The van der Waals surface area contributed by atoms with Crippen molar-refractivity contribution in [2.75, 3.05) is 12.3 Å². The molecule has 0 bridgehead atoms. The van der Waals surface area contributed by atoms with Crippen molar-refractivity contribution < 1.29 is 18.3 Å². The molecule has 0 aliphatic heterocycles. The lowest BCUT2D eigenvalue weighted by molar-refractivity contribution is -0.142. The van der Waals surface area contributed by atoms with Gasteiger partial charge in [0.05, 0.1) is 18.7 Å². The fourth-order valence-electron chi connectivity index (χ4n) is 1.36. The Morgan fingerprint density at radius 3 is 2.83 bits per heavy atom. The Kier molecular flexibility index (Phi) is 4.54. The zero-order chi connectivity index (χ0) is 13.7. The lowest BCUT2D eigenvalue weighted by Crippen LogP contribution is -2.11. The molecule has 0 spiro atoms. The quantitative estimate of drug-likeness (QED) is 0.825. The molecule has 18 heavy (non-hydrogen) atoms. The summed E-state index contributed by atoms with van der Waals surface area (Å²) in [5, 5.41) is 8.81. The Bertz CT molecular complexity index is 498. The Morgan fingerprint density at radius 1 is 1.67 bits per heavy atom. The molecule has 0 aliphatic rings.